The van der Waals surface area contributed by atoms with Crippen molar-refractivity contribution in [3.63, 3.8) is 0 Å². The molecule has 0 atom stereocenters. The Morgan fingerprint density at radius 1 is 0.328 bits per heavy atom. The average Bonchev–Trinajstić information content (AvgIpc) is 3.77. The largest absolute Gasteiger partial charge is 0.311 e. The molecule has 0 spiro atoms. The molecule has 58 heavy (non-hydrogen) atoms. The number of anilines is 3. The lowest BCUT2D eigenvalue weighted by atomic mass is 9.97. The van der Waals surface area contributed by atoms with E-state index >= 15 is 0 Å². The highest BCUT2D eigenvalue weighted by molar-refractivity contribution is 7.26. The highest BCUT2D eigenvalue weighted by Gasteiger charge is 2.16. The van der Waals surface area contributed by atoms with Crippen LogP contribution in [0.3, 0.4) is 0 Å². The van der Waals surface area contributed by atoms with E-state index in [0.29, 0.717) is 22.1 Å². The van der Waals surface area contributed by atoms with E-state index in [9.17, 15) is 16.4 Å². The fraction of sp³-hybridized carbons (Fsp3) is 0. The van der Waals surface area contributed by atoms with Crippen LogP contribution in [-0.4, -0.2) is 0 Å². The van der Waals surface area contributed by atoms with E-state index < -0.39 is 89.6 Å². The van der Waals surface area contributed by atoms with Gasteiger partial charge >= 0.3 is 0 Å². The maximum Gasteiger partial charge on any atom is 0.0645 e. The molecule has 11 rings (SSSR count). The van der Waals surface area contributed by atoms with Gasteiger partial charge in [0.2, 0.25) is 0 Å². The van der Waals surface area contributed by atoms with E-state index in [0.717, 1.165) is 52.4 Å². The first-order chi connectivity index (χ1) is 33.8. The Kier molecular flexibility index (Phi) is 5.87. The molecule has 1 aromatic heterocycles. The highest BCUT2D eigenvalue weighted by Crippen LogP contribution is 2.42. The number of rotatable bonds is 7. The quantitative estimate of drug-likeness (QED) is 0.156. The minimum absolute atomic E-state index is 0.0243. The Balaban J connectivity index is 1.15. The van der Waals surface area contributed by atoms with E-state index in [1.54, 1.807) is 42.5 Å². The van der Waals surface area contributed by atoms with Crippen molar-refractivity contribution in [1.82, 2.24) is 0 Å². The maximum absolute atomic E-state index is 9.68. The topological polar surface area (TPSA) is 3.24 Å². The summed E-state index contributed by atoms with van der Waals surface area (Å²) in [6, 6.07) is 40.0. The lowest BCUT2D eigenvalue weighted by Gasteiger charge is -2.26. The summed E-state index contributed by atoms with van der Waals surface area (Å²) < 4.78 is 117. The van der Waals surface area contributed by atoms with Gasteiger partial charge < -0.3 is 4.90 Å². The van der Waals surface area contributed by atoms with Gasteiger partial charge in [-0.25, -0.2) is 0 Å². The number of hydrogen-bond donors (Lipinski definition) is 0. The number of hydrogen-bond acceptors (Lipinski definition) is 2. The first-order valence-electron chi connectivity index (χ1n) is 24.9. The summed E-state index contributed by atoms with van der Waals surface area (Å²) in [5.74, 6) is 0. The summed E-state index contributed by atoms with van der Waals surface area (Å²) in [5.41, 5.74) is 1.18. The second-order valence-electron chi connectivity index (χ2n) is 14.0. The van der Waals surface area contributed by atoms with Crippen LogP contribution in [0, 0.1) is 0 Å². The molecule has 1 heterocycles. The molecule has 0 bridgehead atoms. The zero-order chi connectivity index (χ0) is 48.9. The van der Waals surface area contributed by atoms with Crippen LogP contribution < -0.4 is 4.90 Å². The van der Waals surface area contributed by atoms with Crippen molar-refractivity contribution in [3.05, 3.63) is 224 Å². The molecule has 0 saturated heterocycles. The number of nitrogens with zero attached hydrogens (tertiary/aromatic N) is 1. The van der Waals surface area contributed by atoms with Crippen LogP contribution in [0.25, 0.3) is 86.2 Å². The summed E-state index contributed by atoms with van der Waals surface area (Å²) in [6.45, 7) is 0. The predicted molar refractivity (Wildman–Crippen MR) is 251 cm³/mol. The summed E-state index contributed by atoms with van der Waals surface area (Å²) in [5, 5.41) is 5.43. The molecule has 0 fully saturated rings. The number of benzene rings is 10. The summed E-state index contributed by atoms with van der Waals surface area (Å²) >= 11 is 1.45. The third-order valence-corrected chi connectivity index (χ3v) is 11.7. The standard InChI is InChI=1S/C56H37NS/c1-2-11-45-37-46(24-23-38(45)9-1)41-21-19-39(20-22-41)40-25-31-47(32-26-40)57(48-33-27-43(28-34-48)51-15-7-12-42-10-3-4-13-50(42)51)49-35-29-44(30-36-49)52-16-8-17-54-53-14-5-6-18-55(53)58-56(52)54/h1-37H/i25D,26D,27D,28D,29D,30D,31D,32D,33D,34D,35D,36D. The SMILES string of the molecule is [2H]c1c([2H])c(N(c2c([2H])c([2H])c(-c3cccc4ccccc34)c([2H])c2[2H])c2c([2H])c([2H])c(-c3cccc4c3sc3ccccc34)c([2H])c2[2H])c([2H])c([2H])c1-c1ccc(-c2ccc3ccccc3c2)cc1. The Morgan fingerprint density at radius 3 is 1.52 bits per heavy atom. The Bertz CT molecular complexity index is 3910. The van der Waals surface area contributed by atoms with Gasteiger partial charge in [0.15, 0.2) is 0 Å². The van der Waals surface area contributed by atoms with E-state index in [-0.39, 0.29) is 16.7 Å². The van der Waals surface area contributed by atoms with Gasteiger partial charge in [0.1, 0.15) is 0 Å². The molecular formula is C56H37NS. The van der Waals surface area contributed by atoms with Gasteiger partial charge in [-0.1, -0.05) is 176 Å². The first-order valence-corrected chi connectivity index (χ1v) is 19.7. The summed E-state index contributed by atoms with van der Waals surface area (Å²) in [6.07, 6.45) is 0. The summed E-state index contributed by atoms with van der Waals surface area (Å²) in [7, 11) is 0. The lowest BCUT2D eigenvalue weighted by molar-refractivity contribution is 1.28. The first kappa shape index (κ1) is 23.7. The lowest BCUT2D eigenvalue weighted by Crippen LogP contribution is -2.09. The smallest absolute Gasteiger partial charge is 0.0645 e. The molecule has 11 aromatic rings. The van der Waals surface area contributed by atoms with Crippen molar-refractivity contribution in [2.45, 2.75) is 0 Å². The molecule has 0 N–H and O–H groups in total. The van der Waals surface area contributed by atoms with Crippen LogP contribution >= 0.6 is 11.3 Å². The van der Waals surface area contributed by atoms with Crippen LogP contribution in [0.2, 0.25) is 0 Å². The second kappa shape index (κ2) is 14.4. The molecule has 1 nitrogen and oxygen atoms in total. The fourth-order valence-corrected chi connectivity index (χ4v) is 8.81. The van der Waals surface area contributed by atoms with Crippen molar-refractivity contribution in [2.24, 2.45) is 0 Å². The zero-order valence-corrected chi connectivity index (χ0v) is 31.6. The summed E-state index contributed by atoms with van der Waals surface area (Å²) in [4.78, 5) is 0.867. The van der Waals surface area contributed by atoms with Gasteiger partial charge in [0, 0.05) is 37.2 Å². The monoisotopic (exact) mass is 767 g/mol. The molecule has 0 amide bonds. The van der Waals surface area contributed by atoms with Crippen molar-refractivity contribution < 1.29 is 16.4 Å². The van der Waals surface area contributed by atoms with E-state index in [2.05, 4.69) is 6.07 Å². The van der Waals surface area contributed by atoms with Crippen LogP contribution in [0.4, 0.5) is 17.1 Å². The average molecular weight is 768 g/mol. The van der Waals surface area contributed by atoms with Crippen molar-refractivity contribution in [1.29, 1.82) is 0 Å². The number of fused-ring (bicyclic) bond motifs is 5. The van der Waals surface area contributed by atoms with Gasteiger partial charge in [0.05, 0.1) is 16.4 Å². The van der Waals surface area contributed by atoms with Crippen LogP contribution in [-0.2, 0) is 0 Å². The molecule has 0 aliphatic heterocycles. The molecule has 0 aliphatic carbocycles. The Morgan fingerprint density at radius 2 is 0.810 bits per heavy atom. The minimum Gasteiger partial charge on any atom is -0.311 e. The van der Waals surface area contributed by atoms with Crippen molar-refractivity contribution >= 4 is 70.1 Å². The third-order valence-electron chi connectivity index (χ3n) is 10.5. The molecule has 0 saturated carbocycles. The molecule has 10 aromatic carbocycles. The highest BCUT2D eigenvalue weighted by atomic mass is 32.1. The van der Waals surface area contributed by atoms with Crippen molar-refractivity contribution in [2.75, 3.05) is 4.90 Å². The Labute approximate surface area is 359 Å². The maximum atomic E-state index is 9.68. The van der Waals surface area contributed by atoms with Gasteiger partial charge in [-0.15, -0.1) is 11.3 Å². The van der Waals surface area contributed by atoms with Crippen LogP contribution in [0.1, 0.15) is 16.4 Å². The third kappa shape index (κ3) is 6.12. The number of thiophene rings is 1. The van der Waals surface area contributed by atoms with Gasteiger partial charge in [-0.2, -0.15) is 0 Å². The molecule has 272 valence electrons. The molecule has 2 heteroatoms. The van der Waals surface area contributed by atoms with E-state index in [1.165, 1.54) is 11.3 Å². The molecule has 0 unspecified atom stereocenters. The van der Waals surface area contributed by atoms with Gasteiger partial charge in [-0.05, 0) is 114 Å². The van der Waals surface area contributed by atoms with Gasteiger partial charge in [0.25, 0.3) is 0 Å². The van der Waals surface area contributed by atoms with Gasteiger partial charge in [-0.3, -0.25) is 0 Å². The van der Waals surface area contributed by atoms with Crippen LogP contribution in [0.15, 0.2) is 224 Å². The predicted octanol–water partition coefficient (Wildman–Crippen LogP) is 16.5. The minimum atomic E-state index is -0.666. The normalized spacial score (nSPS) is 14.3. The molecule has 0 aliphatic rings. The van der Waals surface area contributed by atoms with Crippen LogP contribution in [0.5, 0.6) is 0 Å². The molecular weight excluding hydrogens is 719 g/mol. The molecule has 0 radical (unpaired) electrons. The van der Waals surface area contributed by atoms with Crippen molar-refractivity contribution in [3.8, 4) is 44.5 Å². The second-order valence-corrected chi connectivity index (χ2v) is 15.0. The Hall–Kier alpha value is -7.26. The zero-order valence-electron chi connectivity index (χ0n) is 42.8. The van der Waals surface area contributed by atoms with E-state index in [1.807, 2.05) is 103 Å². The fourth-order valence-electron chi connectivity index (χ4n) is 7.59. The van der Waals surface area contributed by atoms with E-state index in [4.69, 9.17) is 0 Å².